The van der Waals surface area contributed by atoms with Crippen LogP contribution < -0.4 is 0 Å². The van der Waals surface area contributed by atoms with Crippen molar-refractivity contribution in [2.24, 2.45) is 5.92 Å². The molecule has 108 valence electrons. The van der Waals surface area contributed by atoms with Crippen LogP contribution in [0.5, 0.6) is 0 Å². The fourth-order valence-corrected chi connectivity index (χ4v) is 3.23. The molecule has 2 aromatic rings. The van der Waals surface area contributed by atoms with Crippen molar-refractivity contribution in [1.29, 1.82) is 0 Å². The van der Waals surface area contributed by atoms with Crippen molar-refractivity contribution in [3.05, 3.63) is 30.2 Å². The molecule has 0 aliphatic heterocycles. The third-order valence-electron chi connectivity index (χ3n) is 4.42. The molecular formula is C17H23NO2. The zero-order chi connectivity index (χ0) is 13.8. The summed E-state index contributed by atoms with van der Waals surface area (Å²) < 4.78 is 5.71. The number of oxazole rings is 1. The first-order chi connectivity index (χ1) is 9.83. The summed E-state index contributed by atoms with van der Waals surface area (Å²) in [6, 6.07) is 7.78. The minimum atomic E-state index is -0.318. The molecule has 1 heterocycles. The molecule has 1 aromatic heterocycles. The SMILES string of the molecule is OC(Cc1nc2ccccc2o1)C1CCCCCCC1. The number of fused-ring (bicyclic) bond motifs is 1. The maximum absolute atomic E-state index is 10.5. The highest BCUT2D eigenvalue weighted by Crippen LogP contribution is 2.27. The molecule has 1 aliphatic rings. The Morgan fingerprint density at radius 1 is 1.10 bits per heavy atom. The van der Waals surface area contributed by atoms with E-state index in [-0.39, 0.29) is 6.10 Å². The highest BCUT2D eigenvalue weighted by Gasteiger charge is 2.22. The maximum atomic E-state index is 10.5. The van der Waals surface area contributed by atoms with Crippen molar-refractivity contribution < 1.29 is 9.52 Å². The Balaban J connectivity index is 1.66. The smallest absolute Gasteiger partial charge is 0.198 e. The van der Waals surface area contributed by atoms with Gasteiger partial charge in [-0.25, -0.2) is 4.98 Å². The Hall–Kier alpha value is -1.35. The first kappa shape index (κ1) is 13.6. The monoisotopic (exact) mass is 273 g/mol. The summed E-state index contributed by atoms with van der Waals surface area (Å²) in [6.45, 7) is 0. The minimum absolute atomic E-state index is 0.318. The van der Waals surface area contributed by atoms with Crippen molar-refractivity contribution in [3.8, 4) is 0 Å². The fourth-order valence-electron chi connectivity index (χ4n) is 3.23. The number of rotatable bonds is 3. The molecule has 3 heteroatoms. The highest BCUT2D eigenvalue weighted by atomic mass is 16.4. The molecule has 20 heavy (non-hydrogen) atoms. The van der Waals surface area contributed by atoms with Gasteiger partial charge in [0.25, 0.3) is 0 Å². The zero-order valence-corrected chi connectivity index (χ0v) is 11.9. The summed E-state index contributed by atoms with van der Waals surface area (Å²) in [4.78, 5) is 4.46. The van der Waals surface area contributed by atoms with Gasteiger partial charge < -0.3 is 9.52 Å². The third kappa shape index (κ3) is 3.21. The Kier molecular flexibility index (Phi) is 4.36. The number of hydrogen-bond acceptors (Lipinski definition) is 3. The van der Waals surface area contributed by atoms with Crippen molar-refractivity contribution in [2.75, 3.05) is 0 Å². The topological polar surface area (TPSA) is 46.3 Å². The molecule has 1 atom stereocenters. The molecule has 0 radical (unpaired) electrons. The van der Waals surface area contributed by atoms with Gasteiger partial charge >= 0.3 is 0 Å². The van der Waals surface area contributed by atoms with E-state index in [0.29, 0.717) is 18.2 Å². The number of nitrogens with zero attached hydrogens (tertiary/aromatic N) is 1. The predicted octanol–water partition coefficient (Wildman–Crippen LogP) is 4.09. The summed E-state index contributed by atoms with van der Waals surface area (Å²) in [5, 5.41) is 10.5. The normalized spacial score (nSPS) is 19.6. The van der Waals surface area contributed by atoms with Crippen molar-refractivity contribution in [2.45, 2.75) is 57.5 Å². The largest absolute Gasteiger partial charge is 0.441 e. The third-order valence-corrected chi connectivity index (χ3v) is 4.42. The second-order valence-electron chi connectivity index (χ2n) is 5.95. The van der Waals surface area contributed by atoms with Crippen LogP contribution in [0.4, 0.5) is 0 Å². The Labute approximate surface area is 120 Å². The zero-order valence-electron chi connectivity index (χ0n) is 11.9. The van der Waals surface area contributed by atoms with Gasteiger partial charge in [-0.05, 0) is 30.9 Å². The van der Waals surface area contributed by atoms with Crippen molar-refractivity contribution in [1.82, 2.24) is 4.98 Å². The molecule has 0 bridgehead atoms. The van der Waals surface area contributed by atoms with E-state index in [1.54, 1.807) is 0 Å². The molecule has 0 amide bonds. The summed E-state index contributed by atoms with van der Waals surface area (Å²) in [6.07, 6.45) is 8.97. The Bertz CT molecular complexity index is 508. The van der Waals surface area contributed by atoms with Crippen LogP contribution in [-0.4, -0.2) is 16.2 Å². The molecule has 1 fully saturated rings. The van der Waals surface area contributed by atoms with E-state index in [1.165, 1.54) is 32.1 Å². The number of para-hydroxylation sites is 2. The average Bonchev–Trinajstić information content (AvgIpc) is 2.80. The fraction of sp³-hybridized carbons (Fsp3) is 0.588. The minimum Gasteiger partial charge on any atom is -0.441 e. The lowest BCUT2D eigenvalue weighted by Gasteiger charge is -2.23. The summed E-state index contributed by atoms with van der Waals surface area (Å²) >= 11 is 0. The predicted molar refractivity (Wildman–Crippen MR) is 79.5 cm³/mol. The standard InChI is InChI=1S/C17H23NO2/c19-15(13-8-4-2-1-3-5-9-13)12-17-18-14-10-6-7-11-16(14)20-17/h6-7,10-11,13,15,19H,1-5,8-9,12H2. The van der Waals surface area contributed by atoms with Gasteiger partial charge in [-0.2, -0.15) is 0 Å². The number of aromatic nitrogens is 1. The highest BCUT2D eigenvalue weighted by molar-refractivity contribution is 5.72. The van der Waals surface area contributed by atoms with Gasteiger partial charge in [0.1, 0.15) is 5.52 Å². The van der Waals surface area contributed by atoms with E-state index in [0.717, 1.165) is 23.9 Å². The van der Waals surface area contributed by atoms with Crippen molar-refractivity contribution in [3.63, 3.8) is 0 Å². The van der Waals surface area contributed by atoms with E-state index >= 15 is 0 Å². The van der Waals surface area contributed by atoms with Gasteiger partial charge in [-0.3, -0.25) is 0 Å². The van der Waals surface area contributed by atoms with Crippen LogP contribution >= 0.6 is 0 Å². The van der Waals surface area contributed by atoms with Gasteiger partial charge in [-0.1, -0.05) is 44.2 Å². The number of benzene rings is 1. The summed E-state index contributed by atoms with van der Waals surface area (Å²) in [5.74, 6) is 1.08. The van der Waals surface area contributed by atoms with Crippen molar-refractivity contribution >= 4 is 11.1 Å². The second-order valence-corrected chi connectivity index (χ2v) is 5.95. The molecular weight excluding hydrogens is 250 g/mol. The van der Waals surface area contributed by atoms with Crippen LogP contribution in [0.3, 0.4) is 0 Å². The van der Waals surface area contributed by atoms with E-state index in [2.05, 4.69) is 4.98 Å². The van der Waals surface area contributed by atoms with E-state index in [1.807, 2.05) is 24.3 Å². The molecule has 1 saturated carbocycles. The molecule has 3 nitrogen and oxygen atoms in total. The van der Waals surface area contributed by atoms with Crippen LogP contribution in [0.25, 0.3) is 11.1 Å². The van der Waals surface area contributed by atoms with E-state index < -0.39 is 0 Å². The van der Waals surface area contributed by atoms with Gasteiger partial charge in [0.15, 0.2) is 11.5 Å². The molecule has 1 unspecified atom stereocenters. The first-order valence-electron chi connectivity index (χ1n) is 7.85. The number of hydrogen-bond donors (Lipinski definition) is 1. The van der Waals surface area contributed by atoms with Crippen LogP contribution in [-0.2, 0) is 6.42 Å². The first-order valence-corrected chi connectivity index (χ1v) is 7.85. The summed E-state index contributed by atoms with van der Waals surface area (Å²) in [5.41, 5.74) is 1.69. The lowest BCUT2D eigenvalue weighted by molar-refractivity contribution is 0.0857. The van der Waals surface area contributed by atoms with Gasteiger partial charge in [-0.15, -0.1) is 0 Å². The van der Waals surface area contributed by atoms with Crippen LogP contribution in [0.15, 0.2) is 28.7 Å². The van der Waals surface area contributed by atoms with Crippen LogP contribution in [0.1, 0.15) is 50.8 Å². The molecule has 0 saturated heterocycles. The molecule has 0 spiro atoms. The quantitative estimate of drug-likeness (QED) is 0.916. The van der Waals surface area contributed by atoms with Gasteiger partial charge in [0.2, 0.25) is 0 Å². The van der Waals surface area contributed by atoms with Crippen LogP contribution in [0, 0.1) is 5.92 Å². The maximum Gasteiger partial charge on any atom is 0.198 e. The lowest BCUT2D eigenvalue weighted by Crippen LogP contribution is -2.24. The van der Waals surface area contributed by atoms with Crippen LogP contribution in [0.2, 0.25) is 0 Å². The number of aliphatic hydroxyl groups excluding tert-OH is 1. The molecule has 3 rings (SSSR count). The Morgan fingerprint density at radius 3 is 2.55 bits per heavy atom. The summed E-state index contributed by atoms with van der Waals surface area (Å²) in [7, 11) is 0. The lowest BCUT2D eigenvalue weighted by atomic mass is 9.86. The second kappa shape index (κ2) is 6.40. The van der Waals surface area contributed by atoms with Gasteiger partial charge in [0.05, 0.1) is 12.5 Å². The Morgan fingerprint density at radius 2 is 1.80 bits per heavy atom. The number of aliphatic hydroxyl groups is 1. The average molecular weight is 273 g/mol. The molecule has 1 aliphatic carbocycles. The van der Waals surface area contributed by atoms with E-state index in [4.69, 9.17) is 4.42 Å². The molecule has 1 N–H and O–H groups in total. The van der Waals surface area contributed by atoms with Gasteiger partial charge in [0, 0.05) is 0 Å². The molecule has 1 aromatic carbocycles. The van der Waals surface area contributed by atoms with E-state index in [9.17, 15) is 5.11 Å².